The monoisotopic (exact) mass is 338 g/mol. The summed E-state index contributed by atoms with van der Waals surface area (Å²) in [5.41, 5.74) is -0.401. The van der Waals surface area contributed by atoms with Gasteiger partial charge >= 0.3 is 6.18 Å². The zero-order valence-electron chi connectivity index (χ0n) is 11.7. The van der Waals surface area contributed by atoms with Gasteiger partial charge < -0.3 is 4.74 Å². The van der Waals surface area contributed by atoms with Gasteiger partial charge in [0.15, 0.2) is 5.25 Å². The summed E-state index contributed by atoms with van der Waals surface area (Å²) < 4.78 is 71.1. The van der Waals surface area contributed by atoms with Crippen LogP contribution in [0.2, 0.25) is 0 Å². The highest BCUT2D eigenvalue weighted by atomic mass is 32.2. The van der Waals surface area contributed by atoms with Crippen LogP contribution in [0.5, 0.6) is 0 Å². The molecule has 2 heterocycles. The Morgan fingerprint density at radius 2 is 2.23 bits per heavy atom. The van der Waals surface area contributed by atoms with Crippen LogP contribution < -0.4 is 4.72 Å². The zero-order chi connectivity index (χ0) is 16.2. The second-order valence-electron chi connectivity index (χ2n) is 5.18. The first-order valence-electron chi connectivity index (χ1n) is 6.83. The van der Waals surface area contributed by atoms with Gasteiger partial charge in [-0.25, -0.2) is 13.1 Å². The van der Waals surface area contributed by atoms with Gasteiger partial charge in [-0.1, -0.05) is 6.07 Å². The number of nitrogens with one attached hydrogen (secondary N) is 1. The van der Waals surface area contributed by atoms with Crippen molar-refractivity contribution >= 4 is 10.0 Å². The summed E-state index contributed by atoms with van der Waals surface area (Å²) in [6.07, 6.45) is -1.21. The van der Waals surface area contributed by atoms with Gasteiger partial charge in [0, 0.05) is 25.5 Å². The molecule has 1 saturated heterocycles. The van der Waals surface area contributed by atoms with Crippen molar-refractivity contribution in [3.05, 3.63) is 30.1 Å². The minimum atomic E-state index is -4.92. The van der Waals surface area contributed by atoms with E-state index < -0.39 is 27.0 Å². The number of alkyl halides is 3. The van der Waals surface area contributed by atoms with Crippen molar-refractivity contribution in [3.63, 3.8) is 0 Å². The lowest BCUT2D eigenvalue weighted by molar-refractivity contribution is -0.131. The lowest BCUT2D eigenvalue weighted by atomic mass is 10.0. The quantitative estimate of drug-likeness (QED) is 0.892. The SMILES string of the molecule is O=S(=O)(NCC1CCCOC1)C(c1cccnc1)C(F)(F)F. The smallest absolute Gasteiger partial charge is 0.381 e. The molecule has 0 saturated carbocycles. The Morgan fingerprint density at radius 3 is 2.77 bits per heavy atom. The molecule has 1 N–H and O–H groups in total. The second-order valence-corrected chi connectivity index (χ2v) is 7.03. The van der Waals surface area contributed by atoms with Crippen LogP contribution in [0.1, 0.15) is 23.7 Å². The molecule has 1 aromatic rings. The average Bonchev–Trinajstić information content (AvgIpc) is 2.46. The Morgan fingerprint density at radius 1 is 1.45 bits per heavy atom. The van der Waals surface area contributed by atoms with Gasteiger partial charge in [0.1, 0.15) is 0 Å². The second kappa shape index (κ2) is 6.93. The molecule has 22 heavy (non-hydrogen) atoms. The van der Waals surface area contributed by atoms with Crippen molar-refractivity contribution in [1.29, 1.82) is 0 Å². The highest BCUT2D eigenvalue weighted by Gasteiger charge is 2.50. The molecule has 0 spiro atoms. The van der Waals surface area contributed by atoms with Crippen LogP contribution in [0.4, 0.5) is 13.2 Å². The number of hydrogen-bond acceptors (Lipinski definition) is 4. The number of sulfonamides is 1. The highest BCUT2D eigenvalue weighted by molar-refractivity contribution is 7.89. The van der Waals surface area contributed by atoms with Crippen LogP contribution in [0.25, 0.3) is 0 Å². The maximum atomic E-state index is 13.2. The summed E-state index contributed by atoms with van der Waals surface area (Å²) in [4.78, 5) is 3.57. The first-order valence-corrected chi connectivity index (χ1v) is 8.38. The minimum Gasteiger partial charge on any atom is -0.381 e. The van der Waals surface area contributed by atoms with Gasteiger partial charge in [0.25, 0.3) is 0 Å². The fourth-order valence-electron chi connectivity index (χ4n) is 2.36. The van der Waals surface area contributed by atoms with Crippen LogP contribution in [-0.2, 0) is 14.8 Å². The Bertz CT molecular complexity index is 572. The molecule has 0 radical (unpaired) electrons. The maximum Gasteiger partial charge on any atom is 0.410 e. The molecule has 2 atom stereocenters. The normalized spacial score (nSPS) is 21.5. The van der Waals surface area contributed by atoms with Gasteiger partial charge in [0.05, 0.1) is 6.61 Å². The Balaban J connectivity index is 2.15. The van der Waals surface area contributed by atoms with Gasteiger partial charge in [-0.15, -0.1) is 0 Å². The highest BCUT2D eigenvalue weighted by Crippen LogP contribution is 2.38. The summed E-state index contributed by atoms with van der Waals surface area (Å²) in [7, 11) is -4.60. The van der Waals surface area contributed by atoms with E-state index in [1.165, 1.54) is 12.3 Å². The number of aromatic nitrogens is 1. The first-order chi connectivity index (χ1) is 10.3. The summed E-state index contributed by atoms with van der Waals surface area (Å²) in [6.45, 7) is 0.894. The molecule has 2 unspecified atom stereocenters. The molecule has 9 heteroatoms. The molecule has 0 bridgehead atoms. The van der Waals surface area contributed by atoms with E-state index in [9.17, 15) is 21.6 Å². The lowest BCUT2D eigenvalue weighted by Crippen LogP contribution is -2.40. The molecule has 1 fully saturated rings. The first kappa shape index (κ1) is 17.2. The van der Waals surface area contributed by atoms with E-state index in [1.807, 2.05) is 0 Å². The molecule has 124 valence electrons. The van der Waals surface area contributed by atoms with Crippen LogP contribution in [0, 0.1) is 5.92 Å². The maximum absolute atomic E-state index is 13.2. The summed E-state index contributed by atoms with van der Waals surface area (Å²) in [5.74, 6) is -0.105. The van der Waals surface area contributed by atoms with Crippen LogP contribution in [0.15, 0.2) is 24.5 Å². The number of hydrogen-bond donors (Lipinski definition) is 1. The van der Waals surface area contributed by atoms with Crippen LogP contribution in [-0.4, -0.2) is 39.3 Å². The summed E-state index contributed by atoms with van der Waals surface area (Å²) in [5, 5.41) is -2.63. The van der Waals surface area contributed by atoms with Crippen molar-refractivity contribution in [1.82, 2.24) is 9.71 Å². The minimum absolute atomic E-state index is 0.0603. The predicted octanol–water partition coefficient (Wildman–Crippen LogP) is 2.03. The van der Waals surface area contributed by atoms with Crippen molar-refractivity contribution in [2.45, 2.75) is 24.3 Å². The molecule has 0 amide bonds. The molecule has 0 aromatic carbocycles. The summed E-state index contributed by atoms with van der Waals surface area (Å²) >= 11 is 0. The molecular formula is C13H17F3N2O3S. The predicted molar refractivity (Wildman–Crippen MR) is 73.5 cm³/mol. The number of ether oxygens (including phenoxy) is 1. The van der Waals surface area contributed by atoms with E-state index in [0.717, 1.165) is 25.1 Å². The van der Waals surface area contributed by atoms with E-state index in [2.05, 4.69) is 9.71 Å². The van der Waals surface area contributed by atoms with E-state index >= 15 is 0 Å². The van der Waals surface area contributed by atoms with Crippen molar-refractivity contribution in [3.8, 4) is 0 Å². The number of rotatable bonds is 5. The molecule has 0 aliphatic carbocycles. The molecule has 1 aliphatic rings. The average molecular weight is 338 g/mol. The molecule has 2 rings (SSSR count). The molecule has 1 aromatic heterocycles. The van der Waals surface area contributed by atoms with E-state index in [-0.39, 0.29) is 12.5 Å². The largest absolute Gasteiger partial charge is 0.410 e. The van der Waals surface area contributed by atoms with Crippen molar-refractivity contribution in [2.75, 3.05) is 19.8 Å². The van der Waals surface area contributed by atoms with E-state index in [0.29, 0.717) is 13.2 Å². The third-order valence-corrected chi connectivity index (χ3v) is 5.15. The Hall–Kier alpha value is -1.19. The standard InChI is InChI=1S/C13H17F3N2O3S/c14-13(15,16)12(11-4-1-5-17-8-11)22(19,20)18-7-10-3-2-6-21-9-10/h1,4-5,8,10,12,18H,2-3,6-7,9H2. The fourth-order valence-corrected chi connectivity index (χ4v) is 3.85. The van der Waals surface area contributed by atoms with E-state index in [1.54, 1.807) is 0 Å². The zero-order valence-corrected chi connectivity index (χ0v) is 12.5. The molecule has 1 aliphatic heterocycles. The van der Waals surface area contributed by atoms with E-state index in [4.69, 9.17) is 4.74 Å². The van der Waals surface area contributed by atoms with Gasteiger partial charge in [-0.3, -0.25) is 4.98 Å². The topological polar surface area (TPSA) is 68.3 Å². The molecular weight excluding hydrogens is 321 g/mol. The van der Waals surface area contributed by atoms with Gasteiger partial charge in [-0.2, -0.15) is 13.2 Å². The third kappa shape index (κ3) is 4.40. The Kier molecular flexibility index (Phi) is 5.41. The lowest BCUT2D eigenvalue weighted by Gasteiger charge is -2.25. The summed E-state index contributed by atoms with van der Waals surface area (Å²) in [6, 6.07) is 2.38. The van der Waals surface area contributed by atoms with Crippen LogP contribution >= 0.6 is 0 Å². The number of halogens is 3. The Labute approximate surface area is 126 Å². The van der Waals surface area contributed by atoms with Crippen molar-refractivity contribution < 1.29 is 26.3 Å². The van der Waals surface area contributed by atoms with Gasteiger partial charge in [0.2, 0.25) is 10.0 Å². The molecule has 5 nitrogen and oxygen atoms in total. The number of nitrogens with zero attached hydrogens (tertiary/aromatic N) is 1. The van der Waals surface area contributed by atoms with Crippen molar-refractivity contribution in [2.24, 2.45) is 5.92 Å². The number of pyridine rings is 1. The van der Waals surface area contributed by atoms with Crippen LogP contribution in [0.3, 0.4) is 0 Å². The third-order valence-electron chi connectivity index (χ3n) is 3.42. The fraction of sp³-hybridized carbons (Fsp3) is 0.615. The van der Waals surface area contributed by atoms with Gasteiger partial charge in [-0.05, 0) is 30.4 Å².